The molecule has 0 fully saturated rings. The fraction of sp³-hybridized carbons (Fsp3) is 0.419. The lowest BCUT2D eigenvalue weighted by Gasteiger charge is -2.26. The van der Waals surface area contributed by atoms with Gasteiger partial charge >= 0.3 is 0 Å². The molecule has 42 heavy (non-hydrogen) atoms. The molecule has 0 spiro atoms. The van der Waals surface area contributed by atoms with Crippen LogP contribution in [0.5, 0.6) is 34.5 Å². The van der Waals surface area contributed by atoms with Gasteiger partial charge in [0.2, 0.25) is 5.75 Å². The normalized spacial score (nSPS) is 17.3. The van der Waals surface area contributed by atoms with Crippen LogP contribution in [0.2, 0.25) is 0 Å². The summed E-state index contributed by atoms with van der Waals surface area (Å²) in [5.74, 6) is 1.33. The highest BCUT2D eigenvalue weighted by Crippen LogP contribution is 2.51. The van der Waals surface area contributed by atoms with Crippen LogP contribution in [0.15, 0.2) is 42.5 Å². The van der Waals surface area contributed by atoms with Gasteiger partial charge in [-0.25, -0.2) is 0 Å². The third-order valence-electron chi connectivity index (χ3n) is 7.28. The van der Waals surface area contributed by atoms with Gasteiger partial charge in [0.05, 0.1) is 41.7 Å². The van der Waals surface area contributed by atoms with Crippen LogP contribution in [0.1, 0.15) is 52.5 Å². The van der Waals surface area contributed by atoms with Crippen molar-refractivity contribution < 1.29 is 54.0 Å². The van der Waals surface area contributed by atoms with Gasteiger partial charge in [-0.3, -0.25) is 0 Å². The first-order valence-corrected chi connectivity index (χ1v) is 13.5. The molecule has 228 valence electrons. The highest BCUT2D eigenvalue weighted by molar-refractivity contribution is 5.58. The van der Waals surface area contributed by atoms with Crippen LogP contribution in [-0.2, 0) is 11.2 Å². The third kappa shape index (κ3) is 6.20. The molecule has 4 atom stereocenters. The lowest BCUT2D eigenvalue weighted by atomic mass is 9.93. The fourth-order valence-electron chi connectivity index (χ4n) is 5.16. The summed E-state index contributed by atoms with van der Waals surface area (Å²) in [6, 6.07) is 11.6. The van der Waals surface area contributed by atoms with Crippen molar-refractivity contribution in [1.82, 2.24) is 0 Å². The molecule has 4 unspecified atom stereocenters. The van der Waals surface area contributed by atoms with E-state index >= 15 is 0 Å². The average molecular weight is 587 g/mol. The van der Waals surface area contributed by atoms with E-state index in [-0.39, 0.29) is 42.0 Å². The number of methoxy groups -OCH3 is 4. The van der Waals surface area contributed by atoms with Gasteiger partial charge in [0, 0.05) is 12.2 Å². The van der Waals surface area contributed by atoms with E-state index in [0.29, 0.717) is 29.7 Å². The molecule has 0 saturated carbocycles. The first-order valence-electron chi connectivity index (χ1n) is 13.5. The van der Waals surface area contributed by atoms with E-state index in [0.717, 1.165) is 16.7 Å². The van der Waals surface area contributed by atoms with Crippen molar-refractivity contribution >= 4 is 0 Å². The van der Waals surface area contributed by atoms with Crippen molar-refractivity contribution in [3.63, 3.8) is 0 Å². The molecule has 3 aromatic rings. The van der Waals surface area contributed by atoms with Crippen LogP contribution in [-0.4, -0.2) is 79.9 Å². The number of hydrogen-bond donors (Lipinski definition) is 5. The van der Waals surface area contributed by atoms with Crippen molar-refractivity contribution in [1.29, 1.82) is 0 Å². The monoisotopic (exact) mass is 586 g/mol. The molecular weight excluding hydrogens is 548 g/mol. The topological polar surface area (TPSA) is 157 Å². The molecule has 3 aromatic carbocycles. The quantitative estimate of drug-likeness (QED) is 0.189. The number of rotatable bonds is 14. The predicted molar refractivity (Wildman–Crippen MR) is 152 cm³/mol. The summed E-state index contributed by atoms with van der Waals surface area (Å²) in [6.45, 7) is -0.734. The van der Waals surface area contributed by atoms with Crippen LogP contribution in [0, 0.1) is 0 Å². The number of aromatic hydroxyl groups is 1. The molecule has 0 radical (unpaired) electrons. The minimum atomic E-state index is -1.29. The number of benzene rings is 3. The molecule has 1 heterocycles. The molecule has 4 rings (SSSR count). The summed E-state index contributed by atoms with van der Waals surface area (Å²) in [5, 5.41) is 50.5. The molecule has 0 bridgehead atoms. The first kappa shape index (κ1) is 31.2. The summed E-state index contributed by atoms with van der Waals surface area (Å²) in [6.07, 6.45) is -2.43. The van der Waals surface area contributed by atoms with Gasteiger partial charge in [0.25, 0.3) is 0 Å². The van der Waals surface area contributed by atoms with E-state index in [2.05, 4.69) is 0 Å². The number of aliphatic hydroxyl groups excluding tert-OH is 4. The second-order valence-electron chi connectivity index (χ2n) is 9.79. The minimum absolute atomic E-state index is 0.0628. The van der Waals surface area contributed by atoms with E-state index in [1.807, 2.05) is 12.1 Å². The lowest BCUT2D eigenvalue weighted by molar-refractivity contribution is -0.00392. The summed E-state index contributed by atoms with van der Waals surface area (Å²) in [5.41, 5.74) is 3.50. The van der Waals surface area contributed by atoms with Crippen molar-refractivity contribution in [2.75, 3.05) is 48.3 Å². The lowest BCUT2D eigenvalue weighted by Crippen LogP contribution is -2.29. The Bertz CT molecular complexity index is 1330. The summed E-state index contributed by atoms with van der Waals surface area (Å²) < 4.78 is 34.5. The number of hydrogen-bond acceptors (Lipinski definition) is 11. The number of ether oxygens (including phenoxy) is 6. The second-order valence-corrected chi connectivity index (χ2v) is 9.79. The Kier molecular flexibility index (Phi) is 10.4. The van der Waals surface area contributed by atoms with Gasteiger partial charge in [0.1, 0.15) is 24.1 Å². The summed E-state index contributed by atoms with van der Waals surface area (Å²) >= 11 is 0. The van der Waals surface area contributed by atoms with Gasteiger partial charge < -0.3 is 54.0 Å². The van der Waals surface area contributed by atoms with E-state index in [9.17, 15) is 25.5 Å². The molecule has 11 heteroatoms. The van der Waals surface area contributed by atoms with Gasteiger partial charge in [-0.1, -0.05) is 12.1 Å². The van der Waals surface area contributed by atoms with E-state index in [4.69, 9.17) is 28.4 Å². The van der Waals surface area contributed by atoms with Gasteiger partial charge in [-0.2, -0.15) is 0 Å². The standard InChI is InChI=1S/C31H38O11/c1-37-22-12-18(7-8-21(22)35)29(36)27(16-34)42-31-24(39-3)13-19(14-25(31)40-4)30-28-20(26(15-33)41-30)10-17(6-5-9-32)11-23(28)38-2/h7-8,10-14,26-27,29-30,32-36H,5-6,9,15-16H2,1-4H3. The van der Waals surface area contributed by atoms with Crippen LogP contribution < -0.4 is 23.7 Å². The maximum absolute atomic E-state index is 11.0. The maximum atomic E-state index is 11.0. The zero-order valence-corrected chi connectivity index (χ0v) is 24.1. The average Bonchev–Trinajstić information content (AvgIpc) is 3.40. The van der Waals surface area contributed by atoms with Crippen molar-refractivity contribution in [2.24, 2.45) is 0 Å². The van der Waals surface area contributed by atoms with Gasteiger partial charge in [-0.15, -0.1) is 0 Å². The van der Waals surface area contributed by atoms with Crippen molar-refractivity contribution in [2.45, 2.75) is 37.3 Å². The first-order chi connectivity index (χ1) is 20.3. The molecule has 0 aromatic heterocycles. The van der Waals surface area contributed by atoms with Gasteiger partial charge in [-0.05, 0) is 65.4 Å². The van der Waals surface area contributed by atoms with E-state index in [1.165, 1.54) is 39.5 Å². The summed E-state index contributed by atoms with van der Waals surface area (Å²) in [4.78, 5) is 0. The van der Waals surface area contributed by atoms with Crippen molar-refractivity contribution in [3.8, 4) is 34.5 Å². The molecule has 1 aliphatic rings. The molecule has 11 nitrogen and oxygen atoms in total. The number of fused-ring (bicyclic) bond motifs is 1. The van der Waals surface area contributed by atoms with Crippen molar-refractivity contribution in [3.05, 3.63) is 70.3 Å². The molecule has 5 N–H and O–H groups in total. The highest BCUT2D eigenvalue weighted by atomic mass is 16.6. The molecule has 0 saturated heterocycles. The Balaban J connectivity index is 1.72. The molecule has 0 aliphatic carbocycles. The van der Waals surface area contributed by atoms with Crippen LogP contribution >= 0.6 is 0 Å². The zero-order chi connectivity index (χ0) is 30.4. The zero-order valence-electron chi connectivity index (χ0n) is 24.1. The summed E-state index contributed by atoms with van der Waals surface area (Å²) in [7, 11) is 5.86. The Labute approximate surface area is 244 Å². The smallest absolute Gasteiger partial charge is 0.204 e. The third-order valence-corrected chi connectivity index (χ3v) is 7.28. The highest BCUT2D eigenvalue weighted by Gasteiger charge is 2.37. The Morgan fingerprint density at radius 2 is 1.50 bits per heavy atom. The number of aliphatic hydroxyl groups is 4. The predicted octanol–water partition coefficient (Wildman–Crippen LogP) is 2.98. The molecule has 1 aliphatic heterocycles. The SMILES string of the molecule is COc1cc(C(O)C(CO)Oc2c(OC)cc(C3OC(CO)c4cc(CCCO)cc(OC)c43)cc2OC)ccc1O. The maximum Gasteiger partial charge on any atom is 0.204 e. The van der Waals surface area contributed by atoms with Gasteiger partial charge in [0.15, 0.2) is 29.1 Å². The fourth-order valence-corrected chi connectivity index (χ4v) is 5.16. The Hall–Kier alpha value is -3.74. The van der Waals surface area contributed by atoms with E-state index in [1.54, 1.807) is 19.2 Å². The second kappa shape index (κ2) is 14.0. The Morgan fingerprint density at radius 1 is 0.833 bits per heavy atom. The van der Waals surface area contributed by atoms with Crippen LogP contribution in [0.4, 0.5) is 0 Å². The van der Waals surface area contributed by atoms with Crippen LogP contribution in [0.25, 0.3) is 0 Å². The molecule has 0 amide bonds. The Morgan fingerprint density at radius 3 is 2.07 bits per heavy atom. The van der Waals surface area contributed by atoms with Crippen LogP contribution in [0.3, 0.4) is 0 Å². The number of phenols is 1. The largest absolute Gasteiger partial charge is 0.504 e. The number of phenolic OH excluding ortho intramolecular Hbond substituents is 1. The van der Waals surface area contributed by atoms with E-state index < -0.39 is 31.0 Å². The number of aryl methyl sites for hydroxylation is 1. The molecular formula is C31H38O11. The minimum Gasteiger partial charge on any atom is -0.504 e.